The number of likely N-dealkylation sites (tertiary alicyclic amines) is 1. The van der Waals surface area contributed by atoms with Crippen LogP contribution in [0.25, 0.3) is 0 Å². The molecule has 4 rings (SSSR count). The van der Waals surface area contributed by atoms with Crippen LogP contribution < -0.4 is 10.2 Å². The van der Waals surface area contributed by atoms with Gasteiger partial charge in [-0.3, -0.25) is 9.59 Å². The van der Waals surface area contributed by atoms with E-state index in [0.29, 0.717) is 24.2 Å². The fourth-order valence-corrected chi connectivity index (χ4v) is 3.91. The molecule has 0 radical (unpaired) electrons. The van der Waals surface area contributed by atoms with E-state index in [1.54, 1.807) is 12.1 Å². The molecule has 2 aromatic carbocycles. The number of nitrogens with one attached hydrogen (secondary N) is 1. The first-order valence-corrected chi connectivity index (χ1v) is 9.82. The number of carbonyl (C=O) groups excluding carboxylic acids is 2. The molecule has 2 heterocycles. The molecule has 2 fully saturated rings. The second-order valence-corrected chi connectivity index (χ2v) is 7.47. The maximum atomic E-state index is 14.0. The molecule has 28 heavy (non-hydrogen) atoms. The van der Waals surface area contributed by atoms with Gasteiger partial charge in [-0.2, -0.15) is 0 Å². The summed E-state index contributed by atoms with van der Waals surface area (Å²) in [5.41, 5.74) is 2.66. The van der Waals surface area contributed by atoms with Gasteiger partial charge in [-0.1, -0.05) is 12.1 Å². The van der Waals surface area contributed by atoms with E-state index in [9.17, 15) is 14.0 Å². The largest absolute Gasteiger partial charge is 0.371 e. The Kier molecular flexibility index (Phi) is 5.28. The lowest BCUT2D eigenvalue weighted by Gasteiger charge is -2.19. The third-order valence-electron chi connectivity index (χ3n) is 5.35. The summed E-state index contributed by atoms with van der Waals surface area (Å²) in [6.45, 7) is 3.10. The predicted molar refractivity (Wildman–Crippen MR) is 107 cm³/mol. The van der Waals surface area contributed by atoms with E-state index >= 15 is 0 Å². The van der Waals surface area contributed by atoms with Crippen molar-refractivity contribution in [3.8, 4) is 0 Å². The SMILES string of the molecule is O=C(Nc1cc(F)cc(N2CCCC2)c1)c1cccc(CN2CCCC2=O)c1. The quantitative estimate of drug-likeness (QED) is 0.857. The summed E-state index contributed by atoms with van der Waals surface area (Å²) < 4.78 is 14.0. The molecule has 0 aromatic heterocycles. The van der Waals surface area contributed by atoms with Gasteiger partial charge in [0.2, 0.25) is 5.91 Å². The average molecular weight is 381 g/mol. The molecular formula is C22H24FN3O2. The van der Waals surface area contributed by atoms with Crippen molar-refractivity contribution in [3.05, 3.63) is 59.4 Å². The van der Waals surface area contributed by atoms with Crippen LogP contribution in [-0.4, -0.2) is 36.3 Å². The number of carbonyl (C=O) groups is 2. The molecule has 2 aliphatic heterocycles. The molecule has 0 spiro atoms. The first-order chi connectivity index (χ1) is 13.6. The highest BCUT2D eigenvalue weighted by atomic mass is 19.1. The zero-order chi connectivity index (χ0) is 19.5. The van der Waals surface area contributed by atoms with E-state index in [1.165, 1.54) is 12.1 Å². The minimum Gasteiger partial charge on any atom is -0.371 e. The van der Waals surface area contributed by atoms with Crippen LogP contribution in [-0.2, 0) is 11.3 Å². The Morgan fingerprint density at radius 1 is 1.04 bits per heavy atom. The molecule has 146 valence electrons. The Balaban J connectivity index is 1.47. The van der Waals surface area contributed by atoms with E-state index in [0.717, 1.165) is 50.1 Å². The molecule has 6 heteroatoms. The lowest BCUT2D eigenvalue weighted by molar-refractivity contribution is -0.128. The van der Waals surface area contributed by atoms with Gasteiger partial charge in [-0.05, 0) is 55.2 Å². The minimum atomic E-state index is -0.360. The molecule has 2 aliphatic rings. The summed E-state index contributed by atoms with van der Waals surface area (Å²) in [6.07, 6.45) is 3.69. The van der Waals surface area contributed by atoms with Crippen LogP contribution in [0.4, 0.5) is 15.8 Å². The summed E-state index contributed by atoms with van der Waals surface area (Å²) in [7, 11) is 0. The molecule has 2 saturated heterocycles. The van der Waals surface area contributed by atoms with Crippen LogP contribution in [0, 0.1) is 5.82 Å². The molecule has 0 saturated carbocycles. The van der Waals surface area contributed by atoms with Gasteiger partial charge in [0.1, 0.15) is 5.82 Å². The normalized spacial score (nSPS) is 16.7. The fourth-order valence-electron chi connectivity index (χ4n) is 3.91. The van der Waals surface area contributed by atoms with E-state index in [-0.39, 0.29) is 17.6 Å². The van der Waals surface area contributed by atoms with Gasteiger partial charge in [0, 0.05) is 49.5 Å². The zero-order valence-corrected chi connectivity index (χ0v) is 15.8. The van der Waals surface area contributed by atoms with Crippen LogP contribution in [0.15, 0.2) is 42.5 Å². The average Bonchev–Trinajstić information content (AvgIpc) is 3.34. The van der Waals surface area contributed by atoms with Crippen molar-refractivity contribution in [1.29, 1.82) is 0 Å². The van der Waals surface area contributed by atoms with E-state index in [2.05, 4.69) is 10.2 Å². The third-order valence-corrected chi connectivity index (χ3v) is 5.35. The maximum absolute atomic E-state index is 14.0. The smallest absolute Gasteiger partial charge is 0.255 e. The molecule has 1 N–H and O–H groups in total. The Morgan fingerprint density at radius 3 is 2.61 bits per heavy atom. The highest BCUT2D eigenvalue weighted by Crippen LogP contribution is 2.25. The summed E-state index contributed by atoms with van der Waals surface area (Å²) in [4.78, 5) is 28.4. The Hall–Kier alpha value is -2.89. The van der Waals surface area contributed by atoms with Crippen LogP contribution >= 0.6 is 0 Å². The molecule has 2 aromatic rings. The number of anilines is 2. The van der Waals surface area contributed by atoms with Gasteiger partial charge in [-0.25, -0.2) is 4.39 Å². The molecule has 0 atom stereocenters. The second-order valence-electron chi connectivity index (χ2n) is 7.47. The maximum Gasteiger partial charge on any atom is 0.255 e. The predicted octanol–water partition coefficient (Wildman–Crippen LogP) is 3.80. The minimum absolute atomic E-state index is 0.157. The van der Waals surface area contributed by atoms with Crippen LogP contribution in [0.5, 0.6) is 0 Å². The lowest BCUT2D eigenvalue weighted by Crippen LogP contribution is -2.24. The molecule has 5 nitrogen and oxygen atoms in total. The molecule has 0 aliphatic carbocycles. The third kappa shape index (κ3) is 4.16. The lowest BCUT2D eigenvalue weighted by atomic mass is 10.1. The Bertz CT molecular complexity index is 893. The molecule has 0 unspecified atom stereocenters. The number of rotatable bonds is 5. The highest BCUT2D eigenvalue weighted by molar-refractivity contribution is 6.04. The van der Waals surface area contributed by atoms with Crippen molar-refractivity contribution in [2.24, 2.45) is 0 Å². The molecular weight excluding hydrogens is 357 g/mol. The monoisotopic (exact) mass is 381 g/mol. The van der Waals surface area contributed by atoms with Gasteiger partial charge in [0.05, 0.1) is 0 Å². The number of hydrogen-bond acceptors (Lipinski definition) is 3. The van der Waals surface area contributed by atoms with E-state index < -0.39 is 0 Å². The summed E-state index contributed by atoms with van der Waals surface area (Å²) >= 11 is 0. The first-order valence-electron chi connectivity index (χ1n) is 9.82. The summed E-state index contributed by atoms with van der Waals surface area (Å²) in [5, 5.41) is 2.81. The topological polar surface area (TPSA) is 52.7 Å². The first kappa shape index (κ1) is 18.5. The summed E-state index contributed by atoms with van der Waals surface area (Å²) in [6, 6.07) is 11.9. The summed E-state index contributed by atoms with van der Waals surface area (Å²) in [5.74, 6) is -0.488. The zero-order valence-electron chi connectivity index (χ0n) is 15.8. The van der Waals surface area contributed by atoms with E-state index in [1.807, 2.05) is 23.1 Å². The van der Waals surface area contributed by atoms with E-state index in [4.69, 9.17) is 0 Å². The van der Waals surface area contributed by atoms with Crippen molar-refractivity contribution in [3.63, 3.8) is 0 Å². The standard InChI is InChI=1S/C22H24FN3O2/c23-18-12-19(14-20(13-18)25-8-1-2-9-25)24-22(28)17-6-3-5-16(11-17)15-26-10-4-7-21(26)27/h3,5-6,11-14H,1-2,4,7-10,15H2,(H,24,28). The number of benzene rings is 2. The number of hydrogen-bond donors (Lipinski definition) is 1. The van der Waals surface area contributed by atoms with Gasteiger partial charge >= 0.3 is 0 Å². The number of halogens is 1. The van der Waals surface area contributed by atoms with Gasteiger partial charge < -0.3 is 15.1 Å². The van der Waals surface area contributed by atoms with Crippen LogP contribution in [0.1, 0.15) is 41.6 Å². The molecule has 2 amide bonds. The Labute approximate surface area is 164 Å². The van der Waals surface area contributed by atoms with Gasteiger partial charge in [0.15, 0.2) is 0 Å². The van der Waals surface area contributed by atoms with Crippen molar-refractivity contribution in [1.82, 2.24) is 4.90 Å². The van der Waals surface area contributed by atoms with Crippen LogP contribution in [0.3, 0.4) is 0 Å². The van der Waals surface area contributed by atoms with Crippen LogP contribution in [0.2, 0.25) is 0 Å². The van der Waals surface area contributed by atoms with Gasteiger partial charge in [-0.15, -0.1) is 0 Å². The van der Waals surface area contributed by atoms with Crippen molar-refractivity contribution in [2.45, 2.75) is 32.2 Å². The van der Waals surface area contributed by atoms with Crippen molar-refractivity contribution >= 4 is 23.2 Å². The van der Waals surface area contributed by atoms with Crippen molar-refractivity contribution < 1.29 is 14.0 Å². The second kappa shape index (κ2) is 8.00. The number of nitrogens with zero attached hydrogens (tertiary/aromatic N) is 2. The van der Waals surface area contributed by atoms with Gasteiger partial charge in [0.25, 0.3) is 5.91 Å². The number of amides is 2. The molecule has 0 bridgehead atoms. The Morgan fingerprint density at radius 2 is 1.86 bits per heavy atom. The highest BCUT2D eigenvalue weighted by Gasteiger charge is 2.20. The fraction of sp³-hybridized carbons (Fsp3) is 0.364. The van der Waals surface area contributed by atoms with Crippen molar-refractivity contribution in [2.75, 3.05) is 29.9 Å².